The highest BCUT2D eigenvalue weighted by molar-refractivity contribution is 5.83. The van der Waals surface area contributed by atoms with Gasteiger partial charge in [-0.1, -0.05) is 34.1 Å². The number of nitrogens with zero attached hydrogens (tertiary/aromatic N) is 1. The number of hydrogen-bond donors (Lipinski definition) is 1. The summed E-state index contributed by atoms with van der Waals surface area (Å²) in [5.74, 6) is 1.36. The van der Waals surface area contributed by atoms with E-state index in [-0.39, 0.29) is 5.41 Å². The van der Waals surface area contributed by atoms with E-state index in [0.29, 0.717) is 17.7 Å². The standard InChI is InChI=1S/C15H30N2O/c1-6-13(5)10-17(7-2)14(18)15(12(3)4)8-9-16-11-15/h12-13,16H,6-11H2,1-5H3. The van der Waals surface area contributed by atoms with Crippen LogP contribution in [0, 0.1) is 17.3 Å². The van der Waals surface area contributed by atoms with Crippen LogP contribution in [-0.2, 0) is 4.79 Å². The van der Waals surface area contributed by atoms with Gasteiger partial charge in [-0.25, -0.2) is 0 Å². The van der Waals surface area contributed by atoms with Gasteiger partial charge in [-0.15, -0.1) is 0 Å². The summed E-state index contributed by atoms with van der Waals surface area (Å²) in [6.45, 7) is 14.4. The fourth-order valence-electron chi connectivity index (χ4n) is 2.81. The molecule has 1 fully saturated rings. The van der Waals surface area contributed by atoms with Crippen molar-refractivity contribution in [2.75, 3.05) is 26.2 Å². The quantitative estimate of drug-likeness (QED) is 0.790. The average molecular weight is 254 g/mol. The summed E-state index contributed by atoms with van der Waals surface area (Å²) in [6.07, 6.45) is 2.12. The minimum atomic E-state index is -0.163. The predicted octanol–water partition coefficient (Wildman–Crippen LogP) is 2.52. The summed E-state index contributed by atoms with van der Waals surface area (Å²) in [5.41, 5.74) is -0.163. The Balaban J connectivity index is 2.81. The number of rotatable bonds is 6. The van der Waals surface area contributed by atoms with Crippen molar-refractivity contribution in [2.45, 2.75) is 47.5 Å². The maximum Gasteiger partial charge on any atom is 0.230 e. The van der Waals surface area contributed by atoms with Gasteiger partial charge in [0, 0.05) is 19.6 Å². The number of amides is 1. The van der Waals surface area contributed by atoms with E-state index >= 15 is 0 Å². The highest BCUT2D eigenvalue weighted by atomic mass is 16.2. The highest BCUT2D eigenvalue weighted by Crippen LogP contribution is 2.36. The van der Waals surface area contributed by atoms with Gasteiger partial charge in [0.25, 0.3) is 0 Å². The molecule has 0 radical (unpaired) electrons. The maximum absolute atomic E-state index is 12.9. The first-order valence-corrected chi connectivity index (χ1v) is 7.48. The summed E-state index contributed by atoms with van der Waals surface area (Å²) in [5, 5.41) is 3.37. The number of nitrogens with one attached hydrogen (secondary N) is 1. The van der Waals surface area contributed by atoms with Crippen LogP contribution in [0.5, 0.6) is 0 Å². The molecule has 2 unspecified atom stereocenters. The molecule has 1 amide bonds. The monoisotopic (exact) mass is 254 g/mol. The molecule has 106 valence electrons. The van der Waals surface area contributed by atoms with Crippen molar-refractivity contribution >= 4 is 5.91 Å². The first kappa shape index (κ1) is 15.5. The van der Waals surface area contributed by atoms with Gasteiger partial charge in [0.15, 0.2) is 0 Å². The van der Waals surface area contributed by atoms with E-state index < -0.39 is 0 Å². The molecule has 0 aromatic heterocycles. The molecule has 18 heavy (non-hydrogen) atoms. The number of carbonyl (C=O) groups is 1. The zero-order chi connectivity index (χ0) is 13.8. The number of hydrogen-bond acceptors (Lipinski definition) is 2. The smallest absolute Gasteiger partial charge is 0.230 e. The Morgan fingerprint density at radius 2 is 2.00 bits per heavy atom. The van der Waals surface area contributed by atoms with Gasteiger partial charge in [-0.2, -0.15) is 0 Å². The van der Waals surface area contributed by atoms with Gasteiger partial charge in [-0.05, 0) is 31.7 Å². The minimum Gasteiger partial charge on any atom is -0.342 e. The third-order valence-corrected chi connectivity index (χ3v) is 4.62. The third kappa shape index (κ3) is 3.05. The van der Waals surface area contributed by atoms with Crippen molar-refractivity contribution in [1.29, 1.82) is 0 Å². The Bertz CT molecular complexity index is 270. The molecule has 3 nitrogen and oxygen atoms in total. The lowest BCUT2D eigenvalue weighted by Gasteiger charge is -2.37. The van der Waals surface area contributed by atoms with Crippen LogP contribution >= 0.6 is 0 Å². The van der Waals surface area contributed by atoms with Crippen molar-refractivity contribution in [3.63, 3.8) is 0 Å². The van der Waals surface area contributed by atoms with Gasteiger partial charge < -0.3 is 10.2 Å². The van der Waals surface area contributed by atoms with Crippen molar-refractivity contribution in [2.24, 2.45) is 17.3 Å². The van der Waals surface area contributed by atoms with Crippen molar-refractivity contribution < 1.29 is 4.79 Å². The second-order valence-corrected chi connectivity index (χ2v) is 6.09. The van der Waals surface area contributed by atoms with Crippen LogP contribution in [0.15, 0.2) is 0 Å². The van der Waals surface area contributed by atoms with Gasteiger partial charge in [0.2, 0.25) is 5.91 Å². The summed E-state index contributed by atoms with van der Waals surface area (Å²) in [6, 6.07) is 0. The molecule has 2 atom stereocenters. The van der Waals surface area contributed by atoms with E-state index in [0.717, 1.165) is 39.0 Å². The van der Waals surface area contributed by atoms with Crippen LogP contribution in [0.25, 0.3) is 0 Å². The third-order valence-electron chi connectivity index (χ3n) is 4.62. The normalized spacial score (nSPS) is 25.4. The molecule has 1 heterocycles. The molecule has 0 spiro atoms. The van der Waals surface area contributed by atoms with Gasteiger partial charge >= 0.3 is 0 Å². The van der Waals surface area contributed by atoms with Gasteiger partial charge in [-0.3, -0.25) is 4.79 Å². The molecule has 1 aliphatic rings. The highest BCUT2D eigenvalue weighted by Gasteiger charge is 2.45. The Hall–Kier alpha value is -0.570. The summed E-state index contributed by atoms with van der Waals surface area (Å²) < 4.78 is 0. The minimum absolute atomic E-state index is 0.163. The maximum atomic E-state index is 12.9. The van der Waals surface area contributed by atoms with E-state index in [1.165, 1.54) is 0 Å². The van der Waals surface area contributed by atoms with E-state index in [1.54, 1.807) is 0 Å². The lowest BCUT2D eigenvalue weighted by molar-refractivity contribution is -0.144. The van der Waals surface area contributed by atoms with Crippen LogP contribution in [0.2, 0.25) is 0 Å². The topological polar surface area (TPSA) is 32.3 Å². The van der Waals surface area contributed by atoms with Crippen molar-refractivity contribution in [3.8, 4) is 0 Å². The van der Waals surface area contributed by atoms with E-state index in [4.69, 9.17) is 0 Å². The molecule has 0 aromatic carbocycles. The lowest BCUT2D eigenvalue weighted by atomic mass is 9.75. The van der Waals surface area contributed by atoms with Gasteiger partial charge in [0.05, 0.1) is 5.41 Å². The Kier molecular flexibility index (Phi) is 5.64. The van der Waals surface area contributed by atoms with E-state index in [9.17, 15) is 4.79 Å². The second-order valence-electron chi connectivity index (χ2n) is 6.09. The zero-order valence-corrected chi connectivity index (χ0v) is 12.8. The molecule has 0 bridgehead atoms. The lowest BCUT2D eigenvalue weighted by Crippen LogP contribution is -2.49. The summed E-state index contributed by atoms with van der Waals surface area (Å²) in [7, 11) is 0. The second kappa shape index (κ2) is 6.55. The Morgan fingerprint density at radius 3 is 2.39 bits per heavy atom. The van der Waals surface area contributed by atoms with Crippen LogP contribution in [-0.4, -0.2) is 37.0 Å². The summed E-state index contributed by atoms with van der Waals surface area (Å²) >= 11 is 0. The molecular weight excluding hydrogens is 224 g/mol. The molecule has 1 saturated heterocycles. The molecular formula is C15H30N2O. The van der Waals surface area contributed by atoms with Crippen molar-refractivity contribution in [3.05, 3.63) is 0 Å². The Morgan fingerprint density at radius 1 is 1.33 bits per heavy atom. The van der Waals surface area contributed by atoms with Crippen LogP contribution in [0.1, 0.15) is 47.5 Å². The Labute approximate surface area is 112 Å². The fraction of sp³-hybridized carbons (Fsp3) is 0.933. The molecule has 1 aliphatic heterocycles. The van der Waals surface area contributed by atoms with Gasteiger partial charge in [0.1, 0.15) is 0 Å². The largest absolute Gasteiger partial charge is 0.342 e. The molecule has 0 aliphatic carbocycles. The molecule has 1 rings (SSSR count). The summed E-state index contributed by atoms with van der Waals surface area (Å²) in [4.78, 5) is 14.9. The first-order chi connectivity index (χ1) is 8.47. The van der Waals surface area contributed by atoms with E-state index in [1.807, 2.05) is 0 Å². The SMILES string of the molecule is CCC(C)CN(CC)C(=O)C1(C(C)C)CCNC1. The van der Waals surface area contributed by atoms with Crippen LogP contribution in [0.4, 0.5) is 0 Å². The van der Waals surface area contributed by atoms with E-state index in [2.05, 4.69) is 44.8 Å². The molecule has 0 saturated carbocycles. The molecule has 0 aromatic rings. The average Bonchev–Trinajstić information content (AvgIpc) is 2.85. The first-order valence-electron chi connectivity index (χ1n) is 7.48. The van der Waals surface area contributed by atoms with Crippen LogP contribution < -0.4 is 5.32 Å². The number of carbonyl (C=O) groups excluding carboxylic acids is 1. The predicted molar refractivity (Wildman–Crippen MR) is 76.5 cm³/mol. The van der Waals surface area contributed by atoms with Crippen molar-refractivity contribution in [1.82, 2.24) is 10.2 Å². The fourth-order valence-corrected chi connectivity index (χ4v) is 2.81. The zero-order valence-electron chi connectivity index (χ0n) is 12.8. The molecule has 3 heteroatoms. The van der Waals surface area contributed by atoms with Crippen LogP contribution in [0.3, 0.4) is 0 Å². The molecule has 1 N–H and O–H groups in total.